The van der Waals surface area contributed by atoms with Gasteiger partial charge in [-0.05, 0) is 41.9 Å². The van der Waals surface area contributed by atoms with Gasteiger partial charge in [0.1, 0.15) is 0 Å². The van der Waals surface area contributed by atoms with Crippen LogP contribution in [0.2, 0.25) is 0 Å². The van der Waals surface area contributed by atoms with Gasteiger partial charge in [0.05, 0.1) is 21.3 Å². The van der Waals surface area contributed by atoms with Gasteiger partial charge in [-0.3, -0.25) is 0 Å². The van der Waals surface area contributed by atoms with E-state index >= 15 is 0 Å². The first-order chi connectivity index (χ1) is 7.78. The van der Waals surface area contributed by atoms with Crippen LogP contribution >= 0.6 is 15.9 Å². The molecule has 3 nitrogen and oxygen atoms in total. The van der Waals surface area contributed by atoms with E-state index in [1.54, 1.807) is 13.8 Å². The molecule has 0 fully saturated rings. The average molecular weight is 300 g/mol. The Hall–Kier alpha value is -1.54. The van der Waals surface area contributed by atoms with Crippen molar-refractivity contribution in [2.24, 2.45) is 0 Å². The van der Waals surface area contributed by atoms with Crippen molar-refractivity contribution in [1.82, 2.24) is 0 Å². The molecule has 1 aromatic rings. The van der Waals surface area contributed by atoms with Gasteiger partial charge in [-0.25, -0.2) is 9.18 Å². The summed E-state index contributed by atoms with van der Waals surface area (Å²) in [7, 11) is 0. The van der Waals surface area contributed by atoms with Gasteiger partial charge in [0.15, 0.2) is 5.82 Å². The van der Waals surface area contributed by atoms with Crippen molar-refractivity contribution in [3.8, 4) is 12.3 Å². The highest BCUT2D eigenvalue weighted by Crippen LogP contribution is 2.28. The first-order valence-corrected chi connectivity index (χ1v) is 5.55. The quantitative estimate of drug-likeness (QED) is 0.843. The summed E-state index contributed by atoms with van der Waals surface area (Å²) in [6, 6.07) is 2.66. The van der Waals surface area contributed by atoms with Crippen LogP contribution in [0.3, 0.4) is 0 Å². The van der Waals surface area contributed by atoms with E-state index in [-0.39, 0.29) is 15.7 Å². The van der Waals surface area contributed by atoms with Gasteiger partial charge in [0, 0.05) is 0 Å². The summed E-state index contributed by atoms with van der Waals surface area (Å²) in [6.45, 7) is 3.43. The van der Waals surface area contributed by atoms with Crippen molar-refractivity contribution in [1.29, 1.82) is 0 Å². The van der Waals surface area contributed by atoms with E-state index in [4.69, 9.17) is 11.5 Å². The molecule has 1 rings (SSSR count). The fraction of sp³-hybridized carbons (Fsp3) is 0.250. The third-order valence-electron chi connectivity index (χ3n) is 2.12. The number of halogens is 2. The maximum atomic E-state index is 13.8. The molecule has 0 spiro atoms. The summed E-state index contributed by atoms with van der Waals surface area (Å²) < 4.78 is 13.8. The Bertz CT molecular complexity index is 506. The molecule has 90 valence electrons. The Morgan fingerprint density at radius 3 is 2.65 bits per heavy atom. The van der Waals surface area contributed by atoms with Gasteiger partial charge in [0.25, 0.3) is 0 Å². The number of terminal acetylenes is 1. The Morgan fingerprint density at radius 2 is 2.18 bits per heavy atom. The van der Waals surface area contributed by atoms with Gasteiger partial charge in [-0.15, -0.1) is 6.42 Å². The zero-order chi connectivity index (χ0) is 13.2. The van der Waals surface area contributed by atoms with E-state index in [0.717, 1.165) is 0 Å². The van der Waals surface area contributed by atoms with Gasteiger partial charge in [-0.1, -0.05) is 5.92 Å². The van der Waals surface area contributed by atoms with Crippen molar-refractivity contribution in [3.63, 3.8) is 0 Å². The fourth-order valence-electron chi connectivity index (χ4n) is 1.18. The highest BCUT2D eigenvalue weighted by atomic mass is 79.9. The zero-order valence-corrected chi connectivity index (χ0v) is 10.9. The number of carboxylic acid groups (broad SMARTS) is 1. The molecule has 0 saturated heterocycles. The van der Waals surface area contributed by atoms with Crippen LogP contribution in [0.4, 0.5) is 10.1 Å². The van der Waals surface area contributed by atoms with Gasteiger partial charge < -0.3 is 10.4 Å². The fourth-order valence-corrected chi connectivity index (χ4v) is 1.70. The van der Waals surface area contributed by atoms with E-state index in [0.29, 0.717) is 0 Å². The minimum absolute atomic E-state index is 0.0946. The lowest BCUT2D eigenvalue weighted by molar-refractivity contribution is 0.0695. The van der Waals surface area contributed by atoms with Crippen LogP contribution in [-0.2, 0) is 0 Å². The minimum Gasteiger partial charge on any atom is -0.478 e. The third kappa shape index (κ3) is 2.98. The monoisotopic (exact) mass is 299 g/mol. The number of aromatic carboxylic acids is 1. The summed E-state index contributed by atoms with van der Waals surface area (Å²) in [4.78, 5) is 10.8. The standard InChI is InChI=1S/C12H11BrFNO2/c1-4-12(2,3)15-8-6-5-7(11(16)17)9(13)10(8)14/h1,5-6,15H,2-3H3,(H,16,17). The number of anilines is 1. The van der Waals surface area contributed by atoms with Crippen molar-refractivity contribution in [2.45, 2.75) is 19.4 Å². The van der Waals surface area contributed by atoms with Crippen LogP contribution in [-0.4, -0.2) is 16.6 Å². The molecule has 1 aromatic carbocycles. The summed E-state index contributed by atoms with van der Waals surface area (Å²) >= 11 is 2.91. The van der Waals surface area contributed by atoms with Crippen molar-refractivity contribution >= 4 is 27.6 Å². The molecule has 0 heterocycles. The molecule has 0 aliphatic heterocycles. The molecule has 0 aliphatic rings. The average Bonchev–Trinajstić information content (AvgIpc) is 2.24. The normalized spacial score (nSPS) is 10.8. The highest BCUT2D eigenvalue weighted by Gasteiger charge is 2.20. The second kappa shape index (κ2) is 4.76. The van der Waals surface area contributed by atoms with Crippen LogP contribution < -0.4 is 5.32 Å². The largest absolute Gasteiger partial charge is 0.478 e. The maximum Gasteiger partial charge on any atom is 0.336 e. The van der Waals surface area contributed by atoms with E-state index in [9.17, 15) is 9.18 Å². The van der Waals surface area contributed by atoms with Gasteiger partial charge in [0.2, 0.25) is 0 Å². The predicted molar refractivity (Wildman–Crippen MR) is 67.6 cm³/mol. The first-order valence-electron chi connectivity index (χ1n) is 4.76. The summed E-state index contributed by atoms with van der Waals surface area (Å²) in [5.74, 6) is 0.596. The SMILES string of the molecule is C#CC(C)(C)Nc1ccc(C(=O)O)c(Br)c1F. The summed E-state index contributed by atoms with van der Waals surface area (Å²) in [5.41, 5.74) is -0.693. The van der Waals surface area contributed by atoms with Crippen LogP contribution in [0, 0.1) is 18.2 Å². The number of nitrogens with one attached hydrogen (secondary N) is 1. The molecule has 5 heteroatoms. The Kier molecular flexibility index (Phi) is 3.79. The molecule has 0 amide bonds. The first kappa shape index (κ1) is 13.5. The minimum atomic E-state index is -1.20. The van der Waals surface area contributed by atoms with Crippen LogP contribution in [0.15, 0.2) is 16.6 Å². The Labute approximate surface area is 107 Å². The van der Waals surface area contributed by atoms with Crippen LogP contribution in [0.5, 0.6) is 0 Å². The second-order valence-corrected chi connectivity index (χ2v) is 4.78. The number of hydrogen-bond acceptors (Lipinski definition) is 2. The lowest BCUT2D eigenvalue weighted by Crippen LogP contribution is -2.29. The third-order valence-corrected chi connectivity index (χ3v) is 2.90. The second-order valence-electron chi connectivity index (χ2n) is 3.99. The zero-order valence-electron chi connectivity index (χ0n) is 9.34. The van der Waals surface area contributed by atoms with E-state index in [2.05, 4.69) is 27.2 Å². The van der Waals surface area contributed by atoms with Gasteiger partial charge in [-0.2, -0.15) is 0 Å². The van der Waals surface area contributed by atoms with Crippen molar-refractivity contribution in [3.05, 3.63) is 28.0 Å². The molecular formula is C12H11BrFNO2. The lowest BCUT2D eigenvalue weighted by atomic mass is 10.1. The molecule has 2 N–H and O–H groups in total. The molecular weight excluding hydrogens is 289 g/mol. The van der Waals surface area contributed by atoms with Crippen LogP contribution in [0.25, 0.3) is 0 Å². The number of carboxylic acids is 1. The summed E-state index contributed by atoms with van der Waals surface area (Å²) in [5, 5.41) is 11.6. The number of benzene rings is 1. The molecule has 0 atom stereocenters. The number of carbonyl (C=O) groups is 1. The smallest absolute Gasteiger partial charge is 0.336 e. The van der Waals surface area contributed by atoms with Crippen LogP contribution in [0.1, 0.15) is 24.2 Å². The molecule has 0 saturated carbocycles. The molecule has 0 aliphatic carbocycles. The molecule has 0 aromatic heterocycles. The number of hydrogen-bond donors (Lipinski definition) is 2. The highest BCUT2D eigenvalue weighted by molar-refractivity contribution is 9.10. The van der Waals surface area contributed by atoms with E-state index < -0.39 is 17.3 Å². The van der Waals surface area contributed by atoms with Gasteiger partial charge >= 0.3 is 5.97 Å². The topological polar surface area (TPSA) is 49.3 Å². The van der Waals surface area contributed by atoms with E-state index in [1.807, 2.05) is 0 Å². The predicted octanol–water partition coefficient (Wildman–Crippen LogP) is 3.11. The molecule has 17 heavy (non-hydrogen) atoms. The van der Waals surface area contributed by atoms with E-state index in [1.165, 1.54) is 12.1 Å². The molecule has 0 bridgehead atoms. The summed E-state index contributed by atoms with van der Waals surface area (Å²) in [6.07, 6.45) is 5.28. The maximum absolute atomic E-state index is 13.8. The Balaban J connectivity index is 3.19. The molecule has 0 unspecified atom stereocenters. The Morgan fingerprint density at radius 1 is 1.59 bits per heavy atom. The van der Waals surface area contributed by atoms with Crippen molar-refractivity contribution < 1.29 is 14.3 Å². The van der Waals surface area contributed by atoms with Crippen molar-refractivity contribution in [2.75, 3.05) is 5.32 Å². The molecule has 0 radical (unpaired) electrons. The number of rotatable bonds is 3. The lowest BCUT2D eigenvalue weighted by Gasteiger charge is -2.22.